The third kappa shape index (κ3) is 2.00. The van der Waals surface area contributed by atoms with Gasteiger partial charge in [0, 0.05) is 12.4 Å². The number of pyridine rings is 2. The molecule has 4 rings (SSSR count). The molecule has 0 bridgehead atoms. The van der Waals surface area contributed by atoms with Crippen molar-refractivity contribution in [3.05, 3.63) is 42.7 Å². The van der Waals surface area contributed by atoms with Crippen molar-refractivity contribution in [1.82, 2.24) is 19.5 Å². The first-order chi connectivity index (χ1) is 10.7. The van der Waals surface area contributed by atoms with Gasteiger partial charge in [0.2, 0.25) is 0 Å². The van der Waals surface area contributed by atoms with Crippen LogP contribution in [0.4, 0.5) is 0 Å². The maximum absolute atomic E-state index is 12.4. The highest BCUT2D eigenvalue weighted by Gasteiger charge is 2.36. The minimum Gasteiger partial charge on any atom is -0.289 e. The van der Waals surface area contributed by atoms with E-state index in [0.717, 1.165) is 0 Å². The Balaban J connectivity index is 2.03. The average molecular weight is 314 g/mol. The zero-order valence-electron chi connectivity index (χ0n) is 11.8. The van der Waals surface area contributed by atoms with E-state index in [1.54, 1.807) is 23.0 Å². The van der Waals surface area contributed by atoms with Crippen LogP contribution in [-0.4, -0.2) is 33.7 Å². The standard InChI is InChI=1S/C15H14N4O2S/c20-22(21)10-4-7-13(22)19-14-12(6-3-9-17-14)18-15(19)11-5-1-2-8-16-11/h1-3,5-6,8-9,13H,4,7,10H2. The van der Waals surface area contributed by atoms with Crippen molar-refractivity contribution in [2.75, 3.05) is 5.75 Å². The van der Waals surface area contributed by atoms with Crippen molar-refractivity contribution in [2.24, 2.45) is 0 Å². The Morgan fingerprint density at radius 3 is 2.68 bits per heavy atom. The van der Waals surface area contributed by atoms with Crippen LogP contribution in [0.3, 0.4) is 0 Å². The van der Waals surface area contributed by atoms with Gasteiger partial charge in [0.25, 0.3) is 0 Å². The summed E-state index contributed by atoms with van der Waals surface area (Å²) in [7, 11) is -3.18. The molecule has 0 spiro atoms. The summed E-state index contributed by atoms with van der Waals surface area (Å²) >= 11 is 0. The number of hydrogen-bond donors (Lipinski definition) is 0. The minimum absolute atomic E-state index is 0.214. The van der Waals surface area contributed by atoms with Gasteiger partial charge in [-0.2, -0.15) is 0 Å². The molecule has 7 heteroatoms. The molecule has 22 heavy (non-hydrogen) atoms. The summed E-state index contributed by atoms with van der Waals surface area (Å²) in [5.41, 5.74) is 1.94. The van der Waals surface area contributed by atoms with E-state index in [0.29, 0.717) is 35.5 Å². The predicted octanol–water partition coefficient (Wildman–Crippen LogP) is 2.20. The number of hydrogen-bond acceptors (Lipinski definition) is 5. The Hall–Kier alpha value is -2.28. The average Bonchev–Trinajstić information content (AvgIpc) is 3.07. The topological polar surface area (TPSA) is 77.7 Å². The molecule has 112 valence electrons. The number of rotatable bonds is 2. The summed E-state index contributed by atoms with van der Waals surface area (Å²) in [5.74, 6) is 0.774. The fourth-order valence-corrected chi connectivity index (χ4v) is 4.83. The van der Waals surface area contributed by atoms with Gasteiger partial charge in [0.15, 0.2) is 21.3 Å². The van der Waals surface area contributed by atoms with Crippen LogP contribution in [0.2, 0.25) is 0 Å². The highest BCUT2D eigenvalue weighted by atomic mass is 32.2. The molecule has 1 aliphatic rings. The zero-order chi connectivity index (χ0) is 15.2. The van der Waals surface area contributed by atoms with E-state index < -0.39 is 15.2 Å². The maximum atomic E-state index is 12.4. The molecule has 1 fully saturated rings. The molecule has 0 N–H and O–H groups in total. The summed E-state index contributed by atoms with van der Waals surface area (Å²) in [4.78, 5) is 13.2. The molecule has 0 saturated carbocycles. The quantitative estimate of drug-likeness (QED) is 0.724. The van der Waals surface area contributed by atoms with E-state index in [2.05, 4.69) is 15.0 Å². The molecule has 1 aliphatic heterocycles. The van der Waals surface area contributed by atoms with E-state index in [9.17, 15) is 8.42 Å². The van der Waals surface area contributed by atoms with Crippen LogP contribution in [-0.2, 0) is 9.84 Å². The summed E-state index contributed by atoms with van der Waals surface area (Å²) in [6.07, 6.45) is 4.59. The van der Waals surface area contributed by atoms with Gasteiger partial charge in [0.05, 0.1) is 5.75 Å². The smallest absolute Gasteiger partial charge is 0.171 e. The molecular formula is C15H14N4O2S. The largest absolute Gasteiger partial charge is 0.289 e. The van der Waals surface area contributed by atoms with Crippen molar-refractivity contribution in [1.29, 1.82) is 0 Å². The first kappa shape index (κ1) is 13.4. The van der Waals surface area contributed by atoms with Crippen molar-refractivity contribution >= 4 is 21.0 Å². The van der Waals surface area contributed by atoms with Gasteiger partial charge in [-0.15, -0.1) is 0 Å². The number of aromatic nitrogens is 4. The third-order valence-electron chi connectivity index (χ3n) is 3.93. The fraction of sp³-hybridized carbons (Fsp3) is 0.267. The van der Waals surface area contributed by atoms with Gasteiger partial charge in [-0.25, -0.2) is 18.4 Å². The van der Waals surface area contributed by atoms with Crippen LogP contribution >= 0.6 is 0 Å². The molecule has 6 nitrogen and oxygen atoms in total. The molecule has 1 atom stereocenters. The third-order valence-corrected chi connectivity index (χ3v) is 6.06. The molecular weight excluding hydrogens is 300 g/mol. The van der Waals surface area contributed by atoms with Crippen molar-refractivity contribution in [3.63, 3.8) is 0 Å². The van der Waals surface area contributed by atoms with Crippen molar-refractivity contribution in [3.8, 4) is 11.5 Å². The normalized spacial score (nSPS) is 20.5. The summed E-state index contributed by atoms with van der Waals surface area (Å²) in [6.45, 7) is 0. The second-order valence-corrected chi connectivity index (χ2v) is 7.61. The Bertz CT molecular complexity index is 935. The van der Waals surface area contributed by atoms with Crippen LogP contribution in [0.15, 0.2) is 42.7 Å². The number of nitrogens with zero attached hydrogens (tertiary/aromatic N) is 4. The predicted molar refractivity (Wildman–Crippen MR) is 82.8 cm³/mol. The van der Waals surface area contributed by atoms with Crippen LogP contribution in [0.25, 0.3) is 22.7 Å². The van der Waals surface area contributed by atoms with Gasteiger partial charge in [0.1, 0.15) is 16.6 Å². The molecule has 0 aromatic carbocycles. The molecule has 0 amide bonds. The SMILES string of the molecule is O=S1(=O)CCCC1n1c(-c2ccccn2)nc2cccnc21. The zero-order valence-corrected chi connectivity index (χ0v) is 12.6. The maximum Gasteiger partial charge on any atom is 0.171 e. The summed E-state index contributed by atoms with van der Waals surface area (Å²) < 4.78 is 26.5. The molecule has 0 radical (unpaired) electrons. The molecule has 0 aliphatic carbocycles. The lowest BCUT2D eigenvalue weighted by molar-refractivity contribution is 0.562. The first-order valence-electron chi connectivity index (χ1n) is 7.13. The molecule has 1 unspecified atom stereocenters. The van der Waals surface area contributed by atoms with Crippen LogP contribution in [0.5, 0.6) is 0 Å². The highest BCUT2D eigenvalue weighted by molar-refractivity contribution is 7.91. The molecule has 1 saturated heterocycles. The van der Waals surface area contributed by atoms with E-state index in [4.69, 9.17) is 0 Å². The number of sulfone groups is 1. The molecule has 3 aromatic rings. The molecule has 3 aromatic heterocycles. The lowest BCUT2D eigenvalue weighted by Gasteiger charge is -2.15. The van der Waals surface area contributed by atoms with E-state index in [-0.39, 0.29) is 5.75 Å². The minimum atomic E-state index is -3.18. The second-order valence-electron chi connectivity index (χ2n) is 5.33. The van der Waals surface area contributed by atoms with Gasteiger partial charge >= 0.3 is 0 Å². The monoisotopic (exact) mass is 314 g/mol. The van der Waals surface area contributed by atoms with Gasteiger partial charge in [-0.1, -0.05) is 6.07 Å². The van der Waals surface area contributed by atoms with Crippen LogP contribution < -0.4 is 0 Å². The number of imidazole rings is 1. The van der Waals surface area contributed by atoms with Crippen LogP contribution in [0.1, 0.15) is 18.2 Å². The Kier molecular flexibility index (Phi) is 2.97. The summed E-state index contributed by atoms with van der Waals surface area (Å²) in [6, 6.07) is 9.15. The molecule has 4 heterocycles. The van der Waals surface area contributed by atoms with Gasteiger partial charge in [-0.3, -0.25) is 9.55 Å². The van der Waals surface area contributed by atoms with Crippen molar-refractivity contribution < 1.29 is 8.42 Å². The van der Waals surface area contributed by atoms with Gasteiger partial charge in [-0.05, 0) is 37.1 Å². The van der Waals surface area contributed by atoms with E-state index >= 15 is 0 Å². The van der Waals surface area contributed by atoms with Crippen molar-refractivity contribution in [2.45, 2.75) is 18.2 Å². The Morgan fingerprint density at radius 1 is 1.09 bits per heavy atom. The fourth-order valence-electron chi connectivity index (χ4n) is 2.94. The lowest BCUT2D eigenvalue weighted by atomic mass is 10.3. The number of fused-ring (bicyclic) bond motifs is 1. The van der Waals surface area contributed by atoms with Gasteiger partial charge < -0.3 is 0 Å². The summed E-state index contributed by atoms with van der Waals surface area (Å²) in [5, 5.41) is -0.607. The second kappa shape index (κ2) is 4.88. The first-order valence-corrected chi connectivity index (χ1v) is 8.84. The Labute approximate surface area is 127 Å². The van der Waals surface area contributed by atoms with E-state index in [1.165, 1.54) is 0 Å². The highest BCUT2D eigenvalue weighted by Crippen LogP contribution is 2.35. The lowest BCUT2D eigenvalue weighted by Crippen LogP contribution is -2.17. The van der Waals surface area contributed by atoms with E-state index in [1.807, 2.05) is 24.3 Å². The Morgan fingerprint density at radius 2 is 1.95 bits per heavy atom. The van der Waals surface area contributed by atoms with Crippen LogP contribution in [0, 0.1) is 0 Å².